The van der Waals surface area contributed by atoms with Crippen LogP contribution in [-0.4, -0.2) is 46.7 Å². The number of carbonyl (C=O) groups is 2. The van der Waals surface area contributed by atoms with E-state index < -0.39 is 28.4 Å². The second kappa shape index (κ2) is 12.0. The molecule has 3 N–H and O–H groups in total. The molecule has 36 heavy (non-hydrogen) atoms. The van der Waals surface area contributed by atoms with Crippen LogP contribution in [-0.2, 0) is 19.6 Å². The first-order valence-corrected chi connectivity index (χ1v) is 12.3. The minimum absolute atomic E-state index is 0.0121. The third-order valence-corrected chi connectivity index (χ3v) is 6.70. The Balaban J connectivity index is 1.79. The van der Waals surface area contributed by atoms with Crippen LogP contribution in [0.5, 0.6) is 11.5 Å². The second-order valence-electron chi connectivity index (χ2n) is 7.26. The van der Waals surface area contributed by atoms with Gasteiger partial charge in [0.2, 0.25) is 0 Å². The third-order valence-electron chi connectivity index (χ3n) is 4.69. The van der Waals surface area contributed by atoms with E-state index in [2.05, 4.69) is 10.5 Å². The number of hydrogen-bond donors (Lipinski definition) is 2. The summed E-state index contributed by atoms with van der Waals surface area (Å²) in [5.41, 5.74) is 8.07. The molecule has 0 aliphatic rings. The number of halogens is 1. The quantitative estimate of drug-likeness (QED) is 0.288. The Labute approximate surface area is 213 Å². The molecule has 188 valence electrons. The molecule has 10 nitrogen and oxygen atoms in total. The van der Waals surface area contributed by atoms with Crippen molar-refractivity contribution in [3.63, 3.8) is 0 Å². The lowest BCUT2D eigenvalue weighted by Crippen LogP contribution is -2.39. The van der Waals surface area contributed by atoms with Gasteiger partial charge < -0.3 is 15.2 Å². The van der Waals surface area contributed by atoms with E-state index in [1.807, 2.05) is 0 Å². The number of carbonyl (C=O) groups excluding carboxylic acids is 2. The maximum Gasteiger partial charge on any atom is 0.264 e. The van der Waals surface area contributed by atoms with Crippen molar-refractivity contribution in [3.05, 3.63) is 83.4 Å². The topological polar surface area (TPSA) is 140 Å². The van der Waals surface area contributed by atoms with E-state index in [-0.39, 0.29) is 28.0 Å². The van der Waals surface area contributed by atoms with E-state index in [4.69, 9.17) is 26.8 Å². The summed E-state index contributed by atoms with van der Waals surface area (Å²) < 4.78 is 38.3. The summed E-state index contributed by atoms with van der Waals surface area (Å²) in [6.07, 6.45) is 1.37. The molecular formula is C24H23ClN4O6S. The van der Waals surface area contributed by atoms with Crippen LogP contribution in [0.15, 0.2) is 82.8 Å². The van der Waals surface area contributed by atoms with Gasteiger partial charge in [-0.2, -0.15) is 5.10 Å². The standard InChI is InChI=1S/C24H23ClN4O6S/c1-34-22-12-9-18(25)13-21(22)29(36(32,33)20-5-3-2-4-6-20)15-24(31)28-27-14-17-7-10-19(11-8-17)35-16-23(26)30/h2-14H,15-16H2,1H3,(H2,26,30)(H,28,31)/b27-14-. The van der Waals surface area contributed by atoms with Crippen LogP contribution in [0.25, 0.3) is 0 Å². The molecule has 0 aliphatic heterocycles. The molecule has 0 spiro atoms. The summed E-state index contributed by atoms with van der Waals surface area (Å²) in [6, 6.07) is 18.6. The van der Waals surface area contributed by atoms with Crippen LogP contribution in [0.2, 0.25) is 5.02 Å². The molecule has 0 aromatic heterocycles. The number of nitrogens with two attached hydrogens (primary N) is 1. The van der Waals surface area contributed by atoms with Gasteiger partial charge in [0.05, 0.1) is 23.9 Å². The predicted molar refractivity (Wildman–Crippen MR) is 136 cm³/mol. The van der Waals surface area contributed by atoms with Gasteiger partial charge >= 0.3 is 0 Å². The van der Waals surface area contributed by atoms with Crippen molar-refractivity contribution in [2.75, 3.05) is 24.6 Å². The highest BCUT2D eigenvalue weighted by Crippen LogP contribution is 2.34. The Morgan fingerprint density at radius 3 is 2.42 bits per heavy atom. The lowest BCUT2D eigenvalue weighted by atomic mass is 10.2. The van der Waals surface area contributed by atoms with Gasteiger partial charge in [0.1, 0.15) is 18.0 Å². The van der Waals surface area contributed by atoms with Gasteiger partial charge in [-0.15, -0.1) is 0 Å². The van der Waals surface area contributed by atoms with Gasteiger partial charge in [-0.3, -0.25) is 13.9 Å². The summed E-state index contributed by atoms with van der Waals surface area (Å²) in [7, 11) is -2.77. The number of nitrogens with zero attached hydrogens (tertiary/aromatic N) is 2. The number of rotatable bonds is 11. The largest absolute Gasteiger partial charge is 0.495 e. The smallest absolute Gasteiger partial charge is 0.264 e. The summed E-state index contributed by atoms with van der Waals surface area (Å²) in [4.78, 5) is 23.5. The Hall–Kier alpha value is -4.09. The molecule has 3 aromatic carbocycles. The van der Waals surface area contributed by atoms with Crippen molar-refractivity contribution in [2.24, 2.45) is 10.8 Å². The van der Waals surface area contributed by atoms with E-state index in [9.17, 15) is 18.0 Å². The third kappa shape index (κ3) is 6.96. The highest BCUT2D eigenvalue weighted by Gasteiger charge is 2.29. The number of sulfonamides is 1. The number of amides is 2. The van der Waals surface area contributed by atoms with E-state index in [0.29, 0.717) is 11.3 Å². The maximum atomic E-state index is 13.4. The van der Waals surface area contributed by atoms with E-state index in [0.717, 1.165) is 4.31 Å². The van der Waals surface area contributed by atoms with E-state index >= 15 is 0 Å². The van der Waals surface area contributed by atoms with Gasteiger partial charge in [-0.25, -0.2) is 13.8 Å². The number of primary amides is 1. The highest BCUT2D eigenvalue weighted by molar-refractivity contribution is 7.92. The molecule has 0 atom stereocenters. The van der Waals surface area contributed by atoms with Crippen LogP contribution in [0.4, 0.5) is 5.69 Å². The lowest BCUT2D eigenvalue weighted by Gasteiger charge is -2.25. The number of methoxy groups -OCH3 is 1. The first-order chi connectivity index (χ1) is 17.2. The number of nitrogens with one attached hydrogen (secondary N) is 1. The SMILES string of the molecule is COc1ccc(Cl)cc1N(CC(=O)N/N=C\c1ccc(OCC(N)=O)cc1)S(=O)(=O)c1ccccc1. The van der Waals surface area contributed by atoms with Crippen molar-refractivity contribution in [2.45, 2.75) is 4.90 Å². The minimum Gasteiger partial charge on any atom is -0.495 e. The number of hydrogen-bond acceptors (Lipinski definition) is 7. The highest BCUT2D eigenvalue weighted by atomic mass is 35.5. The molecule has 0 unspecified atom stereocenters. The van der Waals surface area contributed by atoms with Gasteiger partial charge in [0.25, 0.3) is 21.8 Å². The molecule has 0 saturated carbocycles. The first kappa shape index (κ1) is 26.5. The van der Waals surface area contributed by atoms with Gasteiger partial charge in [0, 0.05) is 5.02 Å². The number of anilines is 1. The van der Waals surface area contributed by atoms with Crippen molar-refractivity contribution >= 4 is 45.3 Å². The molecular weight excluding hydrogens is 508 g/mol. The van der Waals surface area contributed by atoms with Crippen molar-refractivity contribution < 1.29 is 27.5 Å². The molecule has 3 aromatic rings. The fourth-order valence-electron chi connectivity index (χ4n) is 3.03. The summed E-state index contributed by atoms with van der Waals surface area (Å²) in [5, 5.41) is 4.15. The summed E-state index contributed by atoms with van der Waals surface area (Å²) in [6.45, 7) is -0.839. The number of ether oxygens (including phenoxy) is 2. The van der Waals surface area contributed by atoms with Crippen LogP contribution in [0.3, 0.4) is 0 Å². The van der Waals surface area contributed by atoms with Crippen molar-refractivity contribution in [1.82, 2.24) is 5.43 Å². The normalized spacial score (nSPS) is 11.2. The zero-order chi connectivity index (χ0) is 26.1. The molecule has 0 bridgehead atoms. The first-order valence-electron chi connectivity index (χ1n) is 10.4. The summed E-state index contributed by atoms with van der Waals surface area (Å²) in [5.74, 6) is -0.641. The molecule has 0 fully saturated rings. The Morgan fingerprint density at radius 1 is 1.08 bits per heavy atom. The molecule has 0 radical (unpaired) electrons. The Morgan fingerprint density at radius 2 is 1.78 bits per heavy atom. The predicted octanol–water partition coefficient (Wildman–Crippen LogP) is 2.56. The van der Waals surface area contributed by atoms with Crippen LogP contribution >= 0.6 is 11.6 Å². The van der Waals surface area contributed by atoms with Crippen LogP contribution in [0.1, 0.15) is 5.56 Å². The zero-order valence-corrected chi connectivity index (χ0v) is 20.7. The van der Waals surface area contributed by atoms with Crippen LogP contribution < -0.4 is 24.9 Å². The van der Waals surface area contributed by atoms with E-state index in [1.165, 1.54) is 37.6 Å². The van der Waals surface area contributed by atoms with E-state index in [1.54, 1.807) is 48.5 Å². The maximum absolute atomic E-state index is 13.4. The average Bonchev–Trinajstić information content (AvgIpc) is 2.87. The monoisotopic (exact) mass is 530 g/mol. The molecule has 0 heterocycles. The minimum atomic E-state index is -4.16. The number of hydrazone groups is 1. The molecule has 3 rings (SSSR count). The van der Waals surface area contributed by atoms with Gasteiger partial charge in [-0.1, -0.05) is 29.8 Å². The number of benzene rings is 3. The molecule has 2 amide bonds. The van der Waals surface area contributed by atoms with Crippen molar-refractivity contribution in [3.8, 4) is 11.5 Å². The fourth-order valence-corrected chi connectivity index (χ4v) is 4.64. The van der Waals surface area contributed by atoms with Gasteiger partial charge in [-0.05, 0) is 60.2 Å². The summed E-state index contributed by atoms with van der Waals surface area (Å²) >= 11 is 6.12. The Kier molecular flexibility index (Phi) is 8.87. The molecule has 0 aliphatic carbocycles. The molecule has 0 saturated heterocycles. The molecule has 12 heteroatoms. The van der Waals surface area contributed by atoms with Gasteiger partial charge in [0.15, 0.2) is 6.61 Å². The lowest BCUT2D eigenvalue weighted by molar-refractivity contribution is -0.120. The second-order valence-corrected chi connectivity index (χ2v) is 9.56. The average molecular weight is 531 g/mol. The van der Waals surface area contributed by atoms with Crippen LogP contribution in [0, 0.1) is 0 Å². The zero-order valence-electron chi connectivity index (χ0n) is 19.1. The van der Waals surface area contributed by atoms with Crippen molar-refractivity contribution in [1.29, 1.82) is 0 Å². The Bertz CT molecular complexity index is 1350. The fraction of sp³-hybridized carbons (Fsp3) is 0.125.